The largest absolute Gasteiger partial charge is 2.00 e. The molecule has 0 rings (SSSR count). The maximum atomic E-state index is 10.1. The SMILES string of the molecule is CCCCCCCCCCCCCOS(=O)(=O)[O-].CCCCCCCCCCCCCOS(=O)(=O)[O-].[Zn+2]. The molecule has 0 aromatic rings. The molecule has 0 radical (unpaired) electrons. The van der Waals surface area contributed by atoms with Gasteiger partial charge in [0, 0.05) is 0 Å². The van der Waals surface area contributed by atoms with E-state index in [2.05, 4.69) is 22.2 Å². The fraction of sp³-hybridized carbons (Fsp3) is 1.00. The number of hydrogen-bond acceptors (Lipinski definition) is 8. The fourth-order valence-electron chi connectivity index (χ4n) is 3.85. The summed E-state index contributed by atoms with van der Waals surface area (Å²) >= 11 is 0. The first kappa shape index (κ1) is 41.8. The summed E-state index contributed by atoms with van der Waals surface area (Å²) in [7, 11) is -8.97. The molecule has 0 aliphatic rings. The third-order valence-corrected chi connectivity index (χ3v) is 6.86. The van der Waals surface area contributed by atoms with Crippen LogP contribution >= 0.6 is 0 Å². The van der Waals surface area contributed by atoms with Crippen LogP contribution in [0.15, 0.2) is 0 Å². The van der Waals surface area contributed by atoms with Crippen LogP contribution in [0.5, 0.6) is 0 Å². The van der Waals surface area contributed by atoms with Gasteiger partial charge in [0.2, 0.25) is 20.8 Å². The smallest absolute Gasteiger partial charge is 0.726 e. The molecule has 0 aromatic carbocycles. The number of unbranched alkanes of at least 4 members (excludes halogenated alkanes) is 20. The van der Waals surface area contributed by atoms with Crippen molar-refractivity contribution in [3.05, 3.63) is 0 Å². The third-order valence-electron chi connectivity index (χ3n) is 5.95. The van der Waals surface area contributed by atoms with E-state index in [1.54, 1.807) is 0 Å². The Morgan fingerprint density at radius 3 is 0.784 bits per heavy atom. The van der Waals surface area contributed by atoms with E-state index in [-0.39, 0.29) is 32.7 Å². The Morgan fingerprint density at radius 1 is 0.405 bits per heavy atom. The van der Waals surface area contributed by atoms with Crippen LogP contribution in [0.1, 0.15) is 155 Å². The van der Waals surface area contributed by atoms with E-state index in [4.69, 9.17) is 0 Å². The zero-order valence-corrected chi connectivity index (χ0v) is 28.4. The summed E-state index contributed by atoms with van der Waals surface area (Å²) in [4.78, 5) is 0. The molecule has 0 heterocycles. The van der Waals surface area contributed by atoms with Gasteiger partial charge in [-0.2, -0.15) is 0 Å². The Labute approximate surface area is 242 Å². The van der Waals surface area contributed by atoms with Crippen LogP contribution in [0.25, 0.3) is 0 Å². The van der Waals surface area contributed by atoms with Crippen LogP contribution in [0, 0.1) is 0 Å². The Kier molecular flexibility index (Phi) is 34.9. The van der Waals surface area contributed by atoms with Crippen molar-refractivity contribution in [1.29, 1.82) is 0 Å². The van der Waals surface area contributed by atoms with Crippen LogP contribution in [0.4, 0.5) is 0 Å². The number of hydrogen-bond donors (Lipinski definition) is 0. The van der Waals surface area contributed by atoms with Crippen LogP contribution < -0.4 is 0 Å². The molecule has 0 spiro atoms. The number of rotatable bonds is 26. The van der Waals surface area contributed by atoms with Crippen molar-refractivity contribution >= 4 is 20.8 Å². The fourth-order valence-corrected chi connectivity index (χ4v) is 4.50. The van der Waals surface area contributed by atoms with E-state index < -0.39 is 20.8 Å². The summed E-state index contributed by atoms with van der Waals surface area (Å²) in [5.74, 6) is 0. The van der Waals surface area contributed by atoms with Crippen LogP contribution in [0.2, 0.25) is 0 Å². The van der Waals surface area contributed by atoms with Gasteiger partial charge in [-0.05, 0) is 12.8 Å². The standard InChI is InChI=1S/2C13H28O4S.Zn/c2*1-2-3-4-5-6-7-8-9-10-11-12-13-17-18(14,15)16;/h2*2-13H2,1H3,(H,14,15,16);/q;;+2/p-2. The van der Waals surface area contributed by atoms with Crippen molar-refractivity contribution < 1.29 is 53.8 Å². The molecule has 0 N–H and O–H groups in total. The molecule has 11 heteroatoms. The summed E-state index contributed by atoms with van der Waals surface area (Å²) < 4.78 is 69.1. The van der Waals surface area contributed by atoms with E-state index in [1.807, 2.05) is 0 Å². The molecule has 0 aliphatic carbocycles. The molecule has 0 fully saturated rings. The summed E-state index contributed by atoms with van der Waals surface area (Å²) in [6.07, 6.45) is 26.2. The molecule has 0 saturated carbocycles. The minimum Gasteiger partial charge on any atom is -0.726 e. The van der Waals surface area contributed by atoms with Gasteiger partial charge < -0.3 is 9.11 Å². The quantitative estimate of drug-likeness (QED) is 0.0417. The molecule has 0 atom stereocenters. The van der Waals surface area contributed by atoms with Gasteiger partial charge in [0.05, 0.1) is 13.2 Å². The molecular weight excluding hydrogens is 570 g/mol. The summed E-state index contributed by atoms with van der Waals surface area (Å²) in [6, 6.07) is 0. The van der Waals surface area contributed by atoms with Gasteiger partial charge in [-0.1, -0.05) is 142 Å². The average Bonchev–Trinajstić information content (AvgIpc) is 2.79. The van der Waals surface area contributed by atoms with Crippen LogP contribution in [-0.2, 0) is 48.6 Å². The first-order valence-corrected chi connectivity index (χ1v) is 17.0. The molecule has 220 valence electrons. The Bertz CT molecular complexity index is 587. The second kappa shape index (κ2) is 30.9. The zero-order chi connectivity index (χ0) is 27.4. The molecule has 0 unspecified atom stereocenters. The maximum Gasteiger partial charge on any atom is 2.00 e. The topological polar surface area (TPSA) is 133 Å². The van der Waals surface area contributed by atoms with Gasteiger partial charge in [0.1, 0.15) is 0 Å². The van der Waals surface area contributed by atoms with E-state index in [0.717, 1.165) is 25.7 Å². The molecule has 0 saturated heterocycles. The summed E-state index contributed by atoms with van der Waals surface area (Å²) in [5, 5.41) is 0. The predicted molar refractivity (Wildman–Crippen MR) is 144 cm³/mol. The van der Waals surface area contributed by atoms with Gasteiger partial charge in [-0.15, -0.1) is 0 Å². The normalized spacial score (nSPS) is 11.6. The third kappa shape index (κ3) is 46.6. The first-order chi connectivity index (χ1) is 17.1. The van der Waals surface area contributed by atoms with Crippen molar-refractivity contribution in [2.75, 3.05) is 13.2 Å². The molecule has 0 aromatic heterocycles. The summed E-state index contributed by atoms with van der Waals surface area (Å²) in [5.41, 5.74) is 0. The van der Waals surface area contributed by atoms with E-state index in [1.165, 1.54) is 103 Å². The van der Waals surface area contributed by atoms with E-state index >= 15 is 0 Å². The van der Waals surface area contributed by atoms with Gasteiger partial charge in [-0.25, -0.2) is 16.8 Å². The van der Waals surface area contributed by atoms with Crippen LogP contribution in [0.3, 0.4) is 0 Å². The van der Waals surface area contributed by atoms with E-state index in [0.29, 0.717) is 12.8 Å². The van der Waals surface area contributed by atoms with Crippen molar-refractivity contribution in [2.24, 2.45) is 0 Å². The van der Waals surface area contributed by atoms with Gasteiger partial charge in [0.25, 0.3) is 0 Å². The monoisotopic (exact) mass is 622 g/mol. The zero-order valence-electron chi connectivity index (χ0n) is 23.8. The Hall–Kier alpha value is 0.363. The minimum atomic E-state index is -4.49. The van der Waals surface area contributed by atoms with E-state index in [9.17, 15) is 25.9 Å². The van der Waals surface area contributed by atoms with Gasteiger partial charge >= 0.3 is 19.5 Å². The first-order valence-electron chi connectivity index (χ1n) is 14.3. The summed E-state index contributed by atoms with van der Waals surface area (Å²) in [6.45, 7) is 4.51. The van der Waals surface area contributed by atoms with Crippen LogP contribution in [-0.4, -0.2) is 39.2 Å². The Morgan fingerprint density at radius 2 is 0.595 bits per heavy atom. The molecule has 0 aliphatic heterocycles. The molecule has 8 nitrogen and oxygen atoms in total. The second-order valence-corrected chi connectivity index (χ2v) is 11.6. The minimum absolute atomic E-state index is 0. The maximum absolute atomic E-state index is 10.1. The average molecular weight is 624 g/mol. The van der Waals surface area contributed by atoms with Gasteiger partial charge in [-0.3, -0.25) is 8.37 Å². The molecule has 37 heavy (non-hydrogen) atoms. The molecular formula is C26H54O8S2Zn. The Balaban J connectivity index is -0.000000608. The van der Waals surface area contributed by atoms with Gasteiger partial charge in [0.15, 0.2) is 0 Å². The predicted octanol–water partition coefficient (Wildman–Crippen LogP) is 7.55. The second-order valence-electron chi connectivity index (χ2n) is 9.53. The van der Waals surface area contributed by atoms with Crippen molar-refractivity contribution in [1.82, 2.24) is 0 Å². The molecule has 0 bridgehead atoms. The van der Waals surface area contributed by atoms with Crippen molar-refractivity contribution in [2.45, 2.75) is 155 Å². The van der Waals surface area contributed by atoms with Crippen molar-refractivity contribution in [3.63, 3.8) is 0 Å². The molecule has 0 amide bonds. The van der Waals surface area contributed by atoms with Crippen molar-refractivity contribution in [3.8, 4) is 0 Å².